The number of aromatic hydroxyl groups is 1. The van der Waals surface area contributed by atoms with Gasteiger partial charge < -0.3 is 15.7 Å². The minimum Gasteiger partial charge on any atom is -0.508 e. The summed E-state index contributed by atoms with van der Waals surface area (Å²) < 4.78 is 1.69. The molecule has 1 unspecified atom stereocenters. The van der Waals surface area contributed by atoms with Gasteiger partial charge in [-0.1, -0.05) is 12.1 Å². The van der Waals surface area contributed by atoms with Crippen molar-refractivity contribution in [2.75, 3.05) is 10.6 Å². The van der Waals surface area contributed by atoms with Crippen LogP contribution in [0.4, 0.5) is 11.6 Å². The van der Waals surface area contributed by atoms with Gasteiger partial charge >= 0.3 is 0 Å². The SMILES string of the molecule is CC1=C(C(=O)Nc2cccnc2)C(c2ccc(O)cc2)n2nc(-c3ccncc3)nc2N1. The van der Waals surface area contributed by atoms with E-state index in [1.54, 1.807) is 65.9 Å². The first-order valence-corrected chi connectivity index (χ1v) is 9.95. The number of carbonyl (C=O) groups is 1. The first-order chi connectivity index (χ1) is 15.6. The first kappa shape index (κ1) is 19.4. The van der Waals surface area contributed by atoms with Crippen LogP contribution in [0.1, 0.15) is 18.5 Å². The molecule has 1 aliphatic heterocycles. The van der Waals surface area contributed by atoms with Crippen molar-refractivity contribution in [1.29, 1.82) is 0 Å². The molecule has 5 rings (SSSR count). The van der Waals surface area contributed by atoms with Crippen molar-refractivity contribution < 1.29 is 9.90 Å². The second kappa shape index (κ2) is 7.95. The molecule has 1 amide bonds. The van der Waals surface area contributed by atoms with E-state index < -0.39 is 6.04 Å². The number of fused-ring (bicyclic) bond motifs is 1. The Balaban J connectivity index is 1.60. The number of phenols is 1. The third-order valence-corrected chi connectivity index (χ3v) is 5.16. The Morgan fingerprint density at radius 3 is 2.56 bits per heavy atom. The number of rotatable bonds is 4. The number of carbonyl (C=O) groups excluding carboxylic acids is 1. The number of amides is 1. The van der Waals surface area contributed by atoms with Gasteiger partial charge in [0.25, 0.3) is 5.91 Å². The second-order valence-electron chi connectivity index (χ2n) is 7.29. The molecule has 0 fully saturated rings. The van der Waals surface area contributed by atoms with E-state index in [0.717, 1.165) is 11.1 Å². The maximum atomic E-state index is 13.4. The molecule has 9 heteroatoms. The number of benzene rings is 1. The van der Waals surface area contributed by atoms with E-state index in [1.807, 2.05) is 19.1 Å². The van der Waals surface area contributed by atoms with Gasteiger partial charge in [0.15, 0.2) is 5.82 Å². The van der Waals surface area contributed by atoms with E-state index in [-0.39, 0.29) is 11.7 Å². The Hall–Kier alpha value is -4.53. The lowest BCUT2D eigenvalue weighted by molar-refractivity contribution is -0.113. The Kier molecular flexibility index (Phi) is 4.83. The van der Waals surface area contributed by atoms with E-state index in [1.165, 1.54) is 0 Å². The summed E-state index contributed by atoms with van der Waals surface area (Å²) in [5.41, 5.74) is 3.33. The highest BCUT2D eigenvalue weighted by atomic mass is 16.3. The maximum absolute atomic E-state index is 13.4. The average molecular weight is 425 g/mol. The van der Waals surface area contributed by atoms with Crippen LogP contribution in [0.25, 0.3) is 11.4 Å². The van der Waals surface area contributed by atoms with E-state index in [2.05, 4.69) is 25.6 Å². The summed E-state index contributed by atoms with van der Waals surface area (Å²) in [6.07, 6.45) is 6.58. The molecule has 1 atom stereocenters. The van der Waals surface area contributed by atoms with Crippen LogP contribution in [0.15, 0.2) is 84.6 Å². The number of allylic oxidation sites excluding steroid dienone is 1. The number of phenolic OH excluding ortho intramolecular Hbond substituents is 1. The third-order valence-electron chi connectivity index (χ3n) is 5.16. The summed E-state index contributed by atoms with van der Waals surface area (Å²) in [5.74, 6) is 0.888. The fourth-order valence-electron chi connectivity index (χ4n) is 3.67. The van der Waals surface area contributed by atoms with Gasteiger partial charge in [-0.25, -0.2) is 4.68 Å². The molecule has 3 N–H and O–H groups in total. The van der Waals surface area contributed by atoms with E-state index in [0.29, 0.717) is 28.7 Å². The molecule has 3 aromatic heterocycles. The highest BCUT2D eigenvalue weighted by Gasteiger charge is 2.34. The van der Waals surface area contributed by atoms with Gasteiger partial charge in [-0.15, -0.1) is 5.10 Å². The van der Waals surface area contributed by atoms with Crippen molar-refractivity contribution in [3.8, 4) is 17.1 Å². The fraction of sp³-hybridized carbons (Fsp3) is 0.0870. The standard InChI is InChI=1S/C23H19N7O2/c1-14-19(22(32)27-17-3-2-10-25-13-17)20(15-4-6-18(31)7-5-15)30-23(26-14)28-21(29-30)16-8-11-24-12-9-16/h2-13,20,31H,1H3,(H,27,32)(H,26,28,29). The molecule has 4 heterocycles. The zero-order chi connectivity index (χ0) is 22.1. The smallest absolute Gasteiger partial charge is 0.255 e. The average Bonchev–Trinajstić information content (AvgIpc) is 3.23. The van der Waals surface area contributed by atoms with Crippen LogP contribution in [0.3, 0.4) is 0 Å². The van der Waals surface area contributed by atoms with E-state index in [9.17, 15) is 9.90 Å². The molecule has 4 aromatic rings. The van der Waals surface area contributed by atoms with Gasteiger partial charge in [-0.3, -0.25) is 14.8 Å². The number of hydrogen-bond acceptors (Lipinski definition) is 7. The Labute approximate surface area is 183 Å². The summed E-state index contributed by atoms with van der Waals surface area (Å²) in [6, 6.07) is 13.3. The number of anilines is 2. The highest BCUT2D eigenvalue weighted by Crippen LogP contribution is 2.37. The fourth-order valence-corrected chi connectivity index (χ4v) is 3.67. The summed E-state index contributed by atoms with van der Waals surface area (Å²) in [5, 5.41) is 20.6. The van der Waals surface area contributed by atoms with Crippen LogP contribution in [-0.4, -0.2) is 35.7 Å². The molecular weight excluding hydrogens is 406 g/mol. The van der Waals surface area contributed by atoms with Crippen LogP contribution >= 0.6 is 0 Å². The molecule has 0 bridgehead atoms. The van der Waals surface area contributed by atoms with E-state index in [4.69, 9.17) is 5.10 Å². The summed E-state index contributed by atoms with van der Waals surface area (Å²) in [4.78, 5) is 26.1. The molecule has 0 spiro atoms. The van der Waals surface area contributed by atoms with Gasteiger partial charge in [0.1, 0.15) is 11.8 Å². The van der Waals surface area contributed by atoms with Crippen molar-refractivity contribution in [3.63, 3.8) is 0 Å². The topological polar surface area (TPSA) is 118 Å². The lowest BCUT2D eigenvalue weighted by Gasteiger charge is -2.28. The molecule has 0 saturated carbocycles. The molecular formula is C23H19N7O2. The van der Waals surface area contributed by atoms with Gasteiger partial charge in [0, 0.05) is 29.9 Å². The largest absolute Gasteiger partial charge is 0.508 e. The number of aromatic nitrogens is 5. The quantitative estimate of drug-likeness (QED) is 0.459. The van der Waals surface area contributed by atoms with Gasteiger partial charge in [-0.05, 0) is 48.9 Å². The third kappa shape index (κ3) is 3.56. The minimum atomic E-state index is -0.549. The van der Waals surface area contributed by atoms with Crippen LogP contribution in [0.2, 0.25) is 0 Å². The lowest BCUT2D eigenvalue weighted by atomic mass is 9.95. The highest BCUT2D eigenvalue weighted by molar-refractivity contribution is 6.05. The van der Waals surface area contributed by atoms with Crippen LogP contribution in [0, 0.1) is 0 Å². The zero-order valence-corrected chi connectivity index (χ0v) is 17.1. The van der Waals surface area contributed by atoms with Crippen LogP contribution in [-0.2, 0) is 4.79 Å². The summed E-state index contributed by atoms with van der Waals surface area (Å²) in [7, 11) is 0. The van der Waals surface area contributed by atoms with Gasteiger partial charge in [0.2, 0.25) is 5.95 Å². The molecule has 0 radical (unpaired) electrons. The van der Waals surface area contributed by atoms with Crippen molar-refractivity contribution in [2.24, 2.45) is 0 Å². The molecule has 0 aliphatic carbocycles. The van der Waals surface area contributed by atoms with E-state index >= 15 is 0 Å². The summed E-state index contributed by atoms with van der Waals surface area (Å²) in [6.45, 7) is 1.83. The molecule has 32 heavy (non-hydrogen) atoms. The Bertz CT molecular complexity index is 1300. The molecule has 1 aliphatic rings. The monoisotopic (exact) mass is 425 g/mol. The predicted octanol–water partition coefficient (Wildman–Crippen LogP) is 3.37. The van der Waals surface area contributed by atoms with Crippen molar-refractivity contribution >= 4 is 17.5 Å². The minimum absolute atomic E-state index is 0.140. The van der Waals surface area contributed by atoms with Crippen LogP contribution in [0.5, 0.6) is 5.75 Å². The first-order valence-electron chi connectivity index (χ1n) is 9.95. The number of nitrogens with zero attached hydrogens (tertiary/aromatic N) is 5. The number of pyridine rings is 2. The van der Waals surface area contributed by atoms with Crippen molar-refractivity contribution in [1.82, 2.24) is 24.7 Å². The van der Waals surface area contributed by atoms with Crippen molar-refractivity contribution in [3.05, 3.63) is 90.2 Å². The van der Waals surface area contributed by atoms with Gasteiger partial charge in [-0.2, -0.15) is 4.98 Å². The molecule has 158 valence electrons. The van der Waals surface area contributed by atoms with Gasteiger partial charge in [0.05, 0.1) is 17.5 Å². The molecule has 1 aromatic carbocycles. The normalized spacial score (nSPS) is 15.1. The predicted molar refractivity (Wildman–Crippen MR) is 119 cm³/mol. The zero-order valence-electron chi connectivity index (χ0n) is 17.1. The Morgan fingerprint density at radius 1 is 1.06 bits per heavy atom. The maximum Gasteiger partial charge on any atom is 0.255 e. The molecule has 0 saturated heterocycles. The lowest BCUT2D eigenvalue weighted by Crippen LogP contribution is -2.31. The second-order valence-corrected chi connectivity index (χ2v) is 7.29. The number of nitrogens with one attached hydrogen (secondary N) is 2. The summed E-state index contributed by atoms with van der Waals surface area (Å²) >= 11 is 0. The Morgan fingerprint density at radius 2 is 1.84 bits per heavy atom. The number of hydrogen-bond donors (Lipinski definition) is 3. The van der Waals surface area contributed by atoms with Crippen molar-refractivity contribution in [2.45, 2.75) is 13.0 Å². The molecule has 9 nitrogen and oxygen atoms in total. The van der Waals surface area contributed by atoms with Crippen LogP contribution < -0.4 is 10.6 Å².